The van der Waals surface area contributed by atoms with Crippen molar-refractivity contribution in [1.82, 2.24) is 5.32 Å². The van der Waals surface area contributed by atoms with Crippen molar-refractivity contribution >= 4 is 12.1 Å². The minimum absolute atomic E-state index is 0.0119. The fourth-order valence-corrected chi connectivity index (χ4v) is 2.09. The van der Waals surface area contributed by atoms with Gasteiger partial charge in [-0.05, 0) is 11.1 Å². The van der Waals surface area contributed by atoms with Crippen LogP contribution < -0.4 is 5.32 Å². The Balaban J connectivity index is 1.80. The van der Waals surface area contributed by atoms with E-state index in [1.54, 1.807) is 0 Å². The molecule has 1 atom stereocenters. The first kappa shape index (κ1) is 18.5. The smallest absolute Gasteiger partial charge is 0.408 e. The van der Waals surface area contributed by atoms with Crippen molar-refractivity contribution in [3.63, 3.8) is 0 Å². The Kier molecular flexibility index (Phi) is 7.46. The Labute approximate surface area is 146 Å². The van der Waals surface area contributed by atoms with Crippen LogP contribution in [0, 0.1) is 0 Å². The maximum absolute atomic E-state index is 11.9. The van der Waals surface area contributed by atoms with Crippen LogP contribution in [0.5, 0.6) is 0 Å². The zero-order valence-corrected chi connectivity index (χ0v) is 14.0. The molecule has 6 nitrogen and oxygen atoms in total. The minimum atomic E-state index is -0.933. The van der Waals surface area contributed by atoms with Gasteiger partial charge in [0.1, 0.15) is 6.61 Å². The normalized spacial score (nSPS) is 11.4. The van der Waals surface area contributed by atoms with Crippen molar-refractivity contribution in [1.29, 1.82) is 0 Å². The summed E-state index contributed by atoms with van der Waals surface area (Å²) in [5, 5.41) is 2.46. The van der Waals surface area contributed by atoms with Crippen LogP contribution in [0.3, 0.4) is 0 Å². The van der Waals surface area contributed by atoms with Gasteiger partial charge in [-0.25, -0.2) is 9.59 Å². The number of amides is 1. The lowest BCUT2D eigenvalue weighted by Gasteiger charge is -2.16. The van der Waals surface area contributed by atoms with Crippen molar-refractivity contribution in [2.45, 2.75) is 19.3 Å². The minimum Gasteiger partial charge on any atom is -0.467 e. The number of methoxy groups -OCH3 is 1. The number of hydrogen-bond acceptors (Lipinski definition) is 5. The number of carbonyl (C=O) groups is 2. The van der Waals surface area contributed by atoms with Crippen molar-refractivity contribution in [2.24, 2.45) is 0 Å². The molecule has 1 amide bonds. The lowest BCUT2D eigenvalue weighted by Crippen LogP contribution is -2.44. The zero-order valence-electron chi connectivity index (χ0n) is 14.0. The van der Waals surface area contributed by atoms with Crippen molar-refractivity contribution < 1.29 is 23.8 Å². The molecule has 2 rings (SSSR count). The molecule has 132 valence electrons. The lowest BCUT2D eigenvalue weighted by atomic mass is 10.2. The van der Waals surface area contributed by atoms with Crippen LogP contribution in [0.1, 0.15) is 11.1 Å². The number of hydrogen-bond donors (Lipinski definition) is 1. The Morgan fingerprint density at radius 1 is 0.920 bits per heavy atom. The SMILES string of the molecule is COC(=O)[C@H](COCc1ccccc1)NC(=O)OCc1ccccc1. The second-order valence-electron chi connectivity index (χ2n) is 5.28. The highest BCUT2D eigenvalue weighted by Gasteiger charge is 2.22. The summed E-state index contributed by atoms with van der Waals surface area (Å²) in [5.41, 5.74) is 1.82. The number of rotatable bonds is 8. The van der Waals surface area contributed by atoms with E-state index in [-0.39, 0.29) is 13.2 Å². The molecule has 0 radical (unpaired) electrons. The Bertz CT molecular complexity index is 660. The first-order valence-corrected chi connectivity index (χ1v) is 7.85. The second kappa shape index (κ2) is 10.1. The molecular formula is C19H21NO5. The van der Waals surface area contributed by atoms with Crippen molar-refractivity contribution in [2.75, 3.05) is 13.7 Å². The summed E-state index contributed by atoms with van der Waals surface area (Å²) >= 11 is 0. The molecule has 6 heteroatoms. The van der Waals surface area contributed by atoms with Crippen LogP contribution in [-0.4, -0.2) is 31.8 Å². The standard InChI is InChI=1S/C19H21NO5/c1-23-18(21)17(14-24-12-15-8-4-2-5-9-15)20-19(22)25-13-16-10-6-3-7-11-16/h2-11,17H,12-14H2,1H3,(H,20,22)/t17-/m0/s1. The van der Waals surface area contributed by atoms with E-state index in [1.165, 1.54) is 7.11 Å². The highest BCUT2D eigenvalue weighted by molar-refractivity contribution is 5.81. The maximum atomic E-state index is 11.9. The second-order valence-corrected chi connectivity index (χ2v) is 5.28. The molecule has 0 fully saturated rings. The van der Waals surface area contributed by atoms with E-state index >= 15 is 0 Å². The third kappa shape index (κ3) is 6.64. The van der Waals surface area contributed by atoms with Crippen molar-refractivity contribution in [3.8, 4) is 0 Å². The molecule has 2 aromatic rings. The fourth-order valence-electron chi connectivity index (χ4n) is 2.09. The molecule has 0 aromatic heterocycles. The topological polar surface area (TPSA) is 73.9 Å². The van der Waals surface area contributed by atoms with E-state index in [1.807, 2.05) is 60.7 Å². The van der Waals surface area contributed by atoms with Crippen LogP contribution in [0.4, 0.5) is 4.79 Å². The third-order valence-electron chi connectivity index (χ3n) is 3.39. The summed E-state index contributed by atoms with van der Waals surface area (Å²) in [6.07, 6.45) is -0.706. The van der Waals surface area contributed by atoms with Gasteiger partial charge in [0.25, 0.3) is 0 Å². The van der Waals surface area contributed by atoms with Gasteiger partial charge in [0.05, 0.1) is 20.3 Å². The number of esters is 1. The summed E-state index contributed by atoms with van der Waals surface area (Å²) in [5.74, 6) is -0.593. The quantitative estimate of drug-likeness (QED) is 0.746. The number of alkyl carbamates (subject to hydrolysis) is 1. The van der Waals surface area contributed by atoms with Crippen molar-refractivity contribution in [3.05, 3.63) is 71.8 Å². The summed E-state index contributed by atoms with van der Waals surface area (Å²) in [6.45, 7) is 0.433. The van der Waals surface area contributed by atoms with Gasteiger partial charge in [0, 0.05) is 0 Å². The largest absolute Gasteiger partial charge is 0.467 e. The monoisotopic (exact) mass is 343 g/mol. The molecule has 2 aromatic carbocycles. The molecule has 0 heterocycles. The van der Waals surface area contributed by atoms with Gasteiger partial charge < -0.3 is 19.5 Å². The molecule has 0 unspecified atom stereocenters. The third-order valence-corrected chi connectivity index (χ3v) is 3.39. The van der Waals surface area contributed by atoms with E-state index in [2.05, 4.69) is 10.1 Å². The first-order valence-electron chi connectivity index (χ1n) is 7.85. The summed E-state index contributed by atoms with van der Waals surface area (Å²) in [6, 6.07) is 17.9. The van der Waals surface area contributed by atoms with Gasteiger partial charge in [0.15, 0.2) is 6.04 Å². The predicted octanol–water partition coefficient (Wildman–Crippen LogP) is 2.67. The zero-order chi connectivity index (χ0) is 17.9. The van der Waals surface area contributed by atoms with Crippen LogP contribution in [-0.2, 0) is 32.2 Å². The van der Waals surface area contributed by atoms with Gasteiger partial charge in [-0.2, -0.15) is 0 Å². The molecule has 0 saturated carbocycles. The molecule has 0 aliphatic rings. The van der Waals surface area contributed by atoms with Crippen LogP contribution >= 0.6 is 0 Å². The maximum Gasteiger partial charge on any atom is 0.408 e. The van der Waals surface area contributed by atoms with Crippen LogP contribution in [0.15, 0.2) is 60.7 Å². The van der Waals surface area contributed by atoms with Gasteiger partial charge >= 0.3 is 12.1 Å². The fraction of sp³-hybridized carbons (Fsp3) is 0.263. The van der Waals surface area contributed by atoms with E-state index in [0.29, 0.717) is 6.61 Å². The van der Waals surface area contributed by atoms with E-state index < -0.39 is 18.1 Å². The van der Waals surface area contributed by atoms with Crippen LogP contribution in [0.25, 0.3) is 0 Å². The highest BCUT2D eigenvalue weighted by Crippen LogP contribution is 2.03. The van der Waals surface area contributed by atoms with Gasteiger partial charge in [-0.3, -0.25) is 0 Å². The number of carbonyl (C=O) groups excluding carboxylic acids is 2. The summed E-state index contributed by atoms with van der Waals surface area (Å²) in [7, 11) is 1.25. The number of benzene rings is 2. The average molecular weight is 343 g/mol. The van der Waals surface area contributed by atoms with Gasteiger partial charge in [-0.15, -0.1) is 0 Å². The van der Waals surface area contributed by atoms with Crippen LogP contribution in [0.2, 0.25) is 0 Å². The molecule has 25 heavy (non-hydrogen) atoms. The molecule has 0 aliphatic carbocycles. The number of ether oxygens (including phenoxy) is 3. The van der Waals surface area contributed by atoms with Gasteiger partial charge in [0.2, 0.25) is 0 Å². The predicted molar refractivity (Wildman–Crippen MR) is 91.7 cm³/mol. The molecule has 0 saturated heterocycles. The molecule has 0 spiro atoms. The summed E-state index contributed by atoms with van der Waals surface area (Å²) < 4.78 is 15.3. The van der Waals surface area contributed by atoms with E-state index in [4.69, 9.17) is 9.47 Å². The summed E-state index contributed by atoms with van der Waals surface area (Å²) in [4.78, 5) is 23.7. The first-order chi connectivity index (χ1) is 12.2. The molecular weight excluding hydrogens is 322 g/mol. The number of nitrogens with one attached hydrogen (secondary N) is 1. The Morgan fingerprint density at radius 3 is 2.04 bits per heavy atom. The highest BCUT2D eigenvalue weighted by atomic mass is 16.6. The van der Waals surface area contributed by atoms with Gasteiger partial charge in [-0.1, -0.05) is 60.7 Å². The molecule has 1 N–H and O–H groups in total. The molecule has 0 aliphatic heterocycles. The Morgan fingerprint density at radius 2 is 1.48 bits per heavy atom. The average Bonchev–Trinajstić information content (AvgIpc) is 2.66. The molecule has 0 bridgehead atoms. The van der Waals surface area contributed by atoms with E-state index in [9.17, 15) is 9.59 Å². The Hall–Kier alpha value is -2.86. The lowest BCUT2D eigenvalue weighted by molar-refractivity contribution is -0.144. The van der Waals surface area contributed by atoms with E-state index in [0.717, 1.165) is 11.1 Å².